The number of aliphatic hydroxyl groups is 1. The summed E-state index contributed by atoms with van der Waals surface area (Å²) in [7, 11) is 0. The topological polar surface area (TPSA) is 104 Å². The van der Waals surface area contributed by atoms with Crippen molar-refractivity contribution in [1.82, 2.24) is 15.3 Å². The van der Waals surface area contributed by atoms with Crippen LogP contribution >= 0.6 is 0 Å². The summed E-state index contributed by atoms with van der Waals surface area (Å²) >= 11 is 0. The molecule has 0 saturated carbocycles. The molecular formula is C22H26FN5O3. The van der Waals surface area contributed by atoms with Gasteiger partial charge < -0.3 is 25.1 Å². The number of fused-ring (bicyclic) bond motifs is 1. The number of hydrogen-bond donors (Lipinski definition) is 3. The molecule has 0 spiro atoms. The number of anilines is 2. The summed E-state index contributed by atoms with van der Waals surface area (Å²) in [6.45, 7) is 7.01. The van der Waals surface area contributed by atoms with Gasteiger partial charge in [0.2, 0.25) is 5.95 Å². The van der Waals surface area contributed by atoms with Crippen LogP contribution in [0.5, 0.6) is 0 Å². The number of nitrogens with zero attached hydrogens (tertiary/aromatic N) is 3. The molecule has 2 atom stereocenters. The molecule has 8 nitrogen and oxygen atoms in total. The van der Waals surface area contributed by atoms with Gasteiger partial charge in [-0.2, -0.15) is 0 Å². The third-order valence-electron chi connectivity index (χ3n) is 5.51. The van der Waals surface area contributed by atoms with Gasteiger partial charge in [0.1, 0.15) is 17.2 Å². The lowest BCUT2D eigenvalue weighted by atomic mass is 9.98. The van der Waals surface area contributed by atoms with Gasteiger partial charge in [-0.3, -0.25) is 0 Å². The second-order valence-corrected chi connectivity index (χ2v) is 8.21. The summed E-state index contributed by atoms with van der Waals surface area (Å²) in [5, 5.41) is 16.0. The highest BCUT2D eigenvalue weighted by Gasteiger charge is 2.26. The SMILES string of the molecule is Cc1c([C@H](NC(=O)Nc2cnc(N3CC[C@H](O)C3)nc2)C(C)C)oc2ccc(F)cc12. The van der Waals surface area contributed by atoms with E-state index in [1.54, 1.807) is 6.07 Å². The number of aryl methyl sites for hydroxylation is 1. The van der Waals surface area contributed by atoms with Crippen molar-refractivity contribution in [2.75, 3.05) is 23.3 Å². The Morgan fingerprint density at radius 1 is 1.32 bits per heavy atom. The monoisotopic (exact) mass is 427 g/mol. The Morgan fingerprint density at radius 3 is 2.71 bits per heavy atom. The average molecular weight is 427 g/mol. The Bertz CT molecular complexity index is 1080. The number of rotatable bonds is 5. The second kappa shape index (κ2) is 8.50. The van der Waals surface area contributed by atoms with Crippen LogP contribution in [0.4, 0.5) is 20.8 Å². The first-order chi connectivity index (χ1) is 14.8. The molecule has 1 saturated heterocycles. The highest BCUT2D eigenvalue weighted by molar-refractivity contribution is 5.89. The number of nitrogens with one attached hydrogen (secondary N) is 2. The van der Waals surface area contributed by atoms with Gasteiger partial charge in [-0.15, -0.1) is 0 Å². The Hall–Kier alpha value is -3.20. The van der Waals surface area contributed by atoms with Crippen LogP contribution in [0.15, 0.2) is 35.0 Å². The van der Waals surface area contributed by atoms with Crippen molar-refractivity contribution in [2.24, 2.45) is 5.92 Å². The standard InChI is InChI=1S/C22H26FN5O3/c1-12(2)19(20-13(3)17-8-14(23)4-5-18(17)31-20)27-22(30)26-15-9-24-21(25-10-15)28-7-6-16(29)11-28/h4-5,8-10,12,16,19,29H,6-7,11H2,1-3H3,(H2,26,27,30)/t16-,19+/m0/s1. The van der Waals surface area contributed by atoms with E-state index in [1.165, 1.54) is 24.5 Å². The molecule has 4 rings (SSSR count). The summed E-state index contributed by atoms with van der Waals surface area (Å²) in [6, 6.07) is 3.57. The quantitative estimate of drug-likeness (QED) is 0.573. The first-order valence-electron chi connectivity index (χ1n) is 10.3. The summed E-state index contributed by atoms with van der Waals surface area (Å²) in [6.07, 6.45) is 3.40. The maximum atomic E-state index is 13.6. The highest BCUT2D eigenvalue weighted by atomic mass is 19.1. The molecule has 2 aromatic heterocycles. The van der Waals surface area contributed by atoms with Crippen molar-refractivity contribution in [1.29, 1.82) is 0 Å². The molecule has 1 aromatic carbocycles. The van der Waals surface area contributed by atoms with Crippen LogP contribution in [0.3, 0.4) is 0 Å². The molecule has 0 aliphatic carbocycles. The van der Waals surface area contributed by atoms with Crippen LogP contribution in [0, 0.1) is 18.7 Å². The number of aromatic nitrogens is 2. The first kappa shape index (κ1) is 21.0. The normalized spacial score (nSPS) is 17.4. The lowest BCUT2D eigenvalue weighted by Crippen LogP contribution is -2.35. The van der Waals surface area contributed by atoms with Crippen LogP contribution < -0.4 is 15.5 Å². The van der Waals surface area contributed by atoms with E-state index < -0.39 is 12.1 Å². The maximum Gasteiger partial charge on any atom is 0.319 e. The summed E-state index contributed by atoms with van der Waals surface area (Å²) in [5.41, 5.74) is 1.83. The van der Waals surface area contributed by atoms with Gasteiger partial charge >= 0.3 is 6.03 Å². The number of amides is 2. The molecule has 0 radical (unpaired) electrons. The fourth-order valence-corrected chi connectivity index (χ4v) is 3.82. The van der Waals surface area contributed by atoms with E-state index in [9.17, 15) is 14.3 Å². The van der Waals surface area contributed by atoms with E-state index in [0.29, 0.717) is 47.9 Å². The molecule has 9 heteroatoms. The number of hydrogen-bond acceptors (Lipinski definition) is 6. The lowest BCUT2D eigenvalue weighted by molar-refractivity contribution is 0.198. The van der Waals surface area contributed by atoms with Gasteiger partial charge in [0.25, 0.3) is 0 Å². The molecular weight excluding hydrogens is 401 g/mol. The number of β-amino-alcohol motifs (C(OH)–C–C–N with tert-alkyl or cyclic N) is 1. The number of urea groups is 1. The van der Waals surface area contributed by atoms with Crippen molar-refractivity contribution >= 4 is 28.6 Å². The van der Waals surface area contributed by atoms with Gasteiger partial charge in [0.05, 0.1) is 30.2 Å². The number of carbonyl (C=O) groups excluding carboxylic acids is 1. The molecule has 0 unspecified atom stereocenters. The van der Waals surface area contributed by atoms with Crippen LogP contribution in [0.2, 0.25) is 0 Å². The van der Waals surface area contributed by atoms with Crippen LogP contribution in [-0.2, 0) is 0 Å². The van der Waals surface area contributed by atoms with Gasteiger partial charge in [-0.25, -0.2) is 19.2 Å². The Labute approximate surface area is 179 Å². The predicted octanol–water partition coefficient (Wildman–Crippen LogP) is 3.76. The number of halogens is 1. The molecule has 0 bridgehead atoms. The third kappa shape index (κ3) is 4.46. The minimum absolute atomic E-state index is 0.0371. The largest absolute Gasteiger partial charge is 0.459 e. The number of aliphatic hydroxyl groups excluding tert-OH is 1. The van der Waals surface area contributed by atoms with Crippen molar-refractivity contribution < 1.29 is 18.7 Å². The zero-order valence-corrected chi connectivity index (χ0v) is 17.7. The van der Waals surface area contributed by atoms with Crippen LogP contribution in [0.25, 0.3) is 11.0 Å². The molecule has 1 aliphatic heterocycles. The van der Waals surface area contributed by atoms with Crippen molar-refractivity contribution in [2.45, 2.75) is 39.3 Å². The summed E-state index contributed by atoms with van der Waals surface area (Å²) < 4.78 is 19.6. The predicted molar refractivity (Wildman–Crippen MR) is 116 cm³/mol. The molecule has 3 N–H and O–H groups in total. The fourth-order valence-electron chi connectivity index (χ4n) is 3.82. The van der Waals surface area contributed by atoms with Gasteiger partial charge in [-0.1, -0.05) is 13.8 Å². The highest BCUT2D eigenvalue weighted by Crippen LogP contribution is 2.33. The zero-order chi connectivity index (χ0) is 22.1. The smallest absolute Gasteiger partial charge is 0.319 e. The van der Waals surface area contributed by atoms with E-state index in [-0.39, 0.29) is 17.8 Å². The van der Waals surface area contributed by atoms with Gasteiger partial charge in [0, 0.05) is 24.0 Å². The van der Waals surface area contributed by atoms with Gasteiger partial charge in [0.15, 0.2) is 0 Å². The van der Waals surface area contributed by atoms with E-state index in [0.717, 1.165) is 5.56 Å². The Morgan fingerprint density at radius 2 is 2.06 bits per heavy atom. The maximum absolute atomic E-state index is 13.6. The molecule has 3 heterocycles. The van der Waals surface area contributed by atoms with E-state index in [1.807, 2.05) is 25.7 Å². The molecule has 31 heavy (non-hydrogen) atoms. The van der Waals surface area contributed by atoms with Crippen molar-refractivity contribution in [3.8, 4) is 0 Å². The summed E-state index contributed by atoms with van der Waals surface area (Å²) in [5.74, 6) is 0.828. The van der Waals surface area contributed by atoms with E-state index in [4.69, 9.17) is 4.42 Å². The van der Waals surface area contributed by atoms with Crippen LogP contribution in [0.1, 0.15) is 37.6 Å². The molecule has 164 valence electrons. The Balaban J connectivity index is 1.46. The first-order valence-corrected chi connectivity index (χ1v) is 10.3. The van der Waals surface area contributed by atoms with Gasteiger partial charge in [-0.05, 0) is 37.5 Å². The lowest BCUT2D eigenvalue weighted by Gasteiger charge is -2.21. The fraction of sp³-hybridized carbons (Fsp3) is 0.409. The molecule has 1 fully saturated rings. The molecule has 3 aromatic rings. The molecule has 2 amide bonds. The zero-order valence-electron chi connectivity index (χ0n) is 17.7. The number of benzene rings is 1. The molecule has 1 aliphatic rings. The minimum atomic E-state index is -0.419. The van der Waals surface area contributed by atoms with E-state index >= 15 is 0 Å². The summed E-state index contributed by atoms with van der Waals surface area (Å²) in [4.78, 5) is 23.1. The number of carbonyl (C=O) groups is 1. The van der Waals surface area contributed by atoms with Crippen molar-refractivity contribution in [3.05, 3.63) is 47.7 Å². The third-order valence-corrected chi connectivity index (χ3v) is 5.51. The second-order valence-electron chi connectivity index (χ2n) is 8.21. The average Bonchev–Trinajstić information content (AvgIpc) is 3.30. The Kier molecular flexibility index (Phi) is 5.77. The minimum Gasteiger partial charge on any atom is -0.459 e. The van der Waals surface area contributed by atoms with Crippen molar-refractivity contribution in [3.63, 3.8) is 0 Å². The van der Waals surface area contributed by atoms with E-state index in [2.05, 4.69) is 20.6 Å². The van der Waals surface area contributed by atoms with Crippen LogP contribution in [-0.4, -0.2) is 40.3 Å². The number of furan rings is 1.